The first-order valence-electron chi connectivity index (χ1n) is 6.29. The summed E-state index contributed by atoms with van der Waals surface area (Å²) in [6.45, 7) is 2.57. The minimum atomic E-state index is 0.510. The van der Waals surface area contributed by atoms with Gasteiger partial charge in [0.1, 0.15) is 0 Å². The molecule has 2 N–H and O–H groups in total. The molecule has 0 aliphatic carbocycles. The van der Waals surface area contributed by atoms with Crippen LogP contribution in [0.4, 0.5) is 0 Å². The molecule has 5 nitrogen and oxygen atoms in total. The zero-order valence-electron chi connectivity index (χ0n) is 11.1. The summed E-state index contributed by atoms with van der Waals surface area (Å²) in [5.74, 6) is 1.16. The van der Waals surface area contributed by atoms with Crippen LogP contribution in [0.25, 0.3) is 22.4 Å². The second-order valence-electron chi connectivity index (χ2n) is 4.58. The molecule has 3 rings (SSSR count). The first kappa shape index (κ1) is 11.9. The Hall–Kier alpha value is -2.14. The molecule has 1 aromatic carbocycles. The maximum Gasteiger partial charge on any atom is 0.250 e. The van der Waals surface area contributed by atoms with Gasteiger partial charge in [0, 0.05) is 36.6 Å². The summed E-state index contributed by atoms with van der Waals surface area (Å²) in [5.41, 5.74) is 8.79. The number of nitrogens with two attached hydrogens (primary N) is 1. The molecule has 5 heteroatoms. The lowest BCUT2D eigenvalue weighted by atomic mass is 10.1. The number of benzene rings is 1. The van der Waals surface area contributed by atoms with E-state index in [1.165, 1.54) is 0 Å². The van der Waals surface area contributed by atoms with Gasteiger partial charge in [-0.3, -0.25) is 0 Å². The highest BCUT2D eigenvalue weighted by Gasteiger charge is 2.18. The molecule has 2 heterocycles. The number of para-hydroxylation sites is 1. The van der Waals surface area contributed by atoms with Crippen molar-refractivity contribution in [2.24, 2.45) is 12.8 Å². The van der Waals surface area contributed by atoms with Gasteiger partial charge in [0.15, 0.2) is 0 Å². The molecule has 98 valence electrons. The van der Waals surface area contributed by atoms with E-state index < -0.39 is 0 Å². The highest BCUT2D eigenvalue weighted by atomic mass is 16.4. The SMILES string of the molecule is Cc1c(-c2nnc(CCN)o2)c2ccccc2n1C. The van der Waals surface area contributed by atoms with Crippen molar-refractivity contribution in [1.29, 1.82) is 0 Å². The van der Waals surface area contributed by atoms with Crippen LogP contribution in [0.15, 0.2) is 28.7 Å². The maximum atomic E-state index is 5.70. The Kier molecular flexibility index (Phi) is 2.83. The van der Waals surface area contributed by atoms with Gasteiger partial charge in [-0.25, -0.2) is 0 Å². The third-order valence-corrected chi connectivity index (χ3v) is 3.44. The fourth-order valence-corrected chi connectivity index (χ4v) is 2.37. The molecule has 0 fully saturated rings. The third kappa shape index (κ3) is 1.82. The minimum Gasteiger partial charge on any atom is -0.421 e. The molecule has 0 atom stereocenters. The standard InChI is InChI=1S/C14H16N4O/c1-9-13(14-17-16-12(19-14)7-8-15)10-5-3-4-6-11(10)18(9)2/h3-6H,7-8,15H2,1-2H3. The predicted molar refractivity (Wildman–Crippen MR) is 73.7 cm³/mol. The van der Waals surface area contributed by atoms with Crippen molar-refractivity contribution in [3.05, 3.63) is 35.9 Å². The van der Waals surface area contributed by atoms with Crippen molar-refractivity contribution >= 4 is 10.9 Å². The molecule has 0 unspecified atom stereocenters. The molecule has 0 radical (unpaired) electrons. The molecule has 0 bridgehead atoms. The average Bonchev–Trinajstić information content (AvgIpc) is 2.96. The van der Waals surface area contributed by atoms with Crippen LogP contribution < -0.4 is 5.73 Å². The summed E-state index contributed by atoms with van der Waals surface area (Å²) < 4.78 is 7.83. The Morgan fingerprint density at radius 1 is 1.26 bits per heavy atom. The Morgan fingerprint density at radius 2 is 2.05 bits per heavy atom. The summed E-state index contributed by atoms with van der Waals surface area (Å²) in [6, 6.07) is 8.20. The van der Waals surface area contributed by atoms with E-state index in [0.29, 0.717) is 24.7 Å². The zero-order valence-corrected chi connectivity index (χ0v) is 11.1. The van der Waals surface area contributed by atoms with Gasteiger partial charge in [0.25, 0.3) is 0 Å². The van der Waals surface area contributed by atoms with E-state index in [1.807, 2.05) is 19.2 Å². The second-order valence-corrected chi connectivity index (χ2v) is 4.58. The van der Waals surface area contributed by atoms with Crippen molar-refractivity contribution in [2.45, 2.75) is 13.3 Å². The minimum absolute atomic E-state index is 0.510. The highest BCUT2D eigenvalue weighted by molar-refractivity contribution is 5.95. The van der Waals surface area contributed by atoms with E-state index in [9.17, 15) is 0 Å². The van der Waals surface area contributed by atoms with Crippen LogP contribution in [0.1, 0.15) is 11.6 Å². The molecule has 0 aliphatic heterocycles. The van der Waals surface area contributed by atoms with Gasteiger partial charge in [0.2, 0.25) is 11.8 Å². The Bertz CT molecular complexity index is 726. The van der Waals surface area contributed by atoms with Gasteiger partial charge >= 0.3 is 0 Å². The molecule has 19 heavy (non-hydrogen) atoms. The van der Waals surface area contributed by atoms with Crippen LogP contribution >= 0.6 is 0 Å². The first-order valence-corrected chi connectivity index (χ1v) is 6.29. The monoisotopic (exact) mass is 256 g/mol. The predicted octanol–water partition coefficient (Wildman–Crippen LogP) is 2.04. The molecule has 0 aliphatic rings. The van der Waals surface area contributed by atoms with E-state index in [-0.39, 0.29) is 0 Å². The lowest BCUT2D eigenvalue weighted by Crippen LogP contribution is -2.02. The Labute approximate surface area is 111 Å². The van der Waals surface area contributed by atoms with Crippen LogP contribution in [0.2, 0.25) is 0 Å². The number of hydrogen-bond donors (Lipinski definition) is 1. The van der Waals surface area contributed by atoms with Gasteiger partial charge in [-0.2, -0.15) is 0 Å². The van der Waals surface area contributed by atoms with Gasteiger partial charge in [-0.05, 0) is 13.0 Å². The van der Waals surface area contributed by atoms with Crippen molar-refractivity contribution in [3.63, 3.8) is 0 Å². The number of nitrogens with zero attached hydrogens (tertiary/aromatic N) is 3. The lowest BCUT2D eigenvalue weighted by Gasteiger charge is -1.97. The third-order valence-electron chi connectivity index (χ3n) is 3.44. The summed E-state index contributed by atoms with van der Waals surface area (Å²) in [7, 11) is 2.04. The van der Waals surface area contributed by atoms with Gasteiger partial charge in [-0.1, -0.05) is 18.2 Å². The quantitative estimate of drug-likeness (QED) is 0.778. The zero-order chi connectivity index (χ0) is 13.4. The van der Waals surface area contributed by atoms with Crippen molar-refractivity contribution in [3.8, 4) is 11.5 Å². The first-order chi connectivity index (χ1) is 9.22. The number of aromatic nitrogens is 3. The van der Waals surface area contributed by atoms with Crippen LogP contribution in [0.3, 0.4) is 0 Å². The largest absolute Gasteiger partial charge is 0.421 e. The molecule has 2 aromatic heterocycles. The Balaban J connectivity index is 2.21. The summed E-state index contributed by atoms with van der Waals surface area (Å²) in [4.78, 5) is 0. The van der Waals surface area contributed by atoms with E-state index in [4.69, 9.17) is 10.2 Å². The van der Waals surface area contributed by atoms with Crippen LogP contribution in [0.5, 0.6) is 0 Å². The topological polar surface area (TPSA) is 69.9 Å². The van der Waals surface area contributed by atoms with E-state index >= 15 is 0 Å². The summed E-state index contributed by atoms with van der Waals surface area (Å²) in [5, 5.41) is 9.31. The number of fused-ring (bicyclic) bond motifs is 1. The van der Waals surface area contributed by atoms with Crippen LogP contribution in [-0.4, -0.2) is 21.3 Å². The van der Waals surface area contributed by atoms with E-state index in [0.717, 1.165) is 22.2 Å². The molecular formula is C14H16N4O. The molecule has 0 saturated carbocycles. The van der Waals surface area contributed by atoms with Crippen molar-refractivity contribution in [1.82, 2.24) is 14.8 Å². The number of aryl methyl sites for hydroxylation is 1. The second kappa shape index (κ2) is 4.51. The van der Waals surface area contributed by atoms with Gasteiger partial charge in [0.05, 0.1) is 5.56 Å². The molecule has 0 amide bonds. The average molecular weight is 256 g/mol. The summed E-state index contributed by atoms with van der Waals surface area (Å²) >= 11 is 0. The molecular weight excluding hydrogens is 240 g/mol. The van der Waals surface area contributed by atoms with E-state index in [1.54, 1.807) is 0 Å². The smallest absolute Gasteiger partial charge is 0.250 e. The maximum absolute atomic E-state index is 5.70. The molecule has 0 spiro atoms. The van der Waals surface area contributed by atoms with Gasteiger partial charge < -0.3 is 14.7 Å². The summed E-state index contributed by atoms with van der Waals surface area (Å²) in [6.07, 6.45) is 0.608. The number of rotatable bonds is 3. The van der Waals surface area contributed by atoms with Crippen molar-refractivity contribution in [2.75, 3.05) is 6.54 Å². The van der Waals surface area contributed by atoms with Crippen molar-refractivity contribution < 1.29 is 4.42 Å². The van der Waals surface area contributed by atoms with Gasteiger partial charge in [-0.15, -0.1) is 10.2 Å². The molecule has 3 aromatic rings. The van der Waals surface area contributed by atoms with Crippen LogP contribution in [-0.2, 0) is 13.5 Å². The lowest BCUT2D eigenvalue weighted by molar-refractivity contribution is 0.507. The fourth-order valence-electron chi connectivity index (χ4n) is 2.37. The Morgan fingerprint density at radius 3 is 2.84 bits per heavy atom. The fraction of sp³-hybridized carbons (Fsp3) is 0.286. The molecule has 0 saturated heterocycles. The van der Waals surface area contributed by atoms with Crippen LogP contribution in [0, 0.1) is 6.92 Å². The normalized spacial score (nSPS) is 11.3. The van der Waals surface area contributed by atoms with E-state index in [2.05, 4.69) is 33.8 Å². The number of hydrogen-bond acceptors (Lipinski definition) is 4. The highest BCUT2D eigenvalue weighted by Crippen LogP contribution is 2.32.